The van der Waals surface area contributed by atoms with Gasteiger partial charge in [0, 0.05) is 15.7 Å². The minimum Gasteiger partial charge on any atom is -0.366 e. The van der Waals surface area contributed by atoms with Crippen molar-refractivity contribution in [3.63, 3.8) is 0 Å². The summed E-state index contributed by atoms with van der Waals surface area (Å²) in [6, 6.07) is 12.3. The Bertz CT molecular complexity index is 1120. The molecule has 9 heteroatoms. The fourth-order valence-corrected chi connectivity index (χ4v) is 3.74. The first-order chi connectivity index (χ1) is 13.3. The zero-order valence-electron chi connectivity index (χ0n) is 14.6. The van der Waals surface area contributed by atoms with Gasteiger partial charge in [0.1, 0.15) is 6.04 Å². The van der Waals surface area contributed by atoms with E-state index in [1.807, 2.05) is 24.3 Å². The van der Waals surface area contributed by atoms with Gasteiger partial charge in [0.15, 0.2) is 5.82 Å². The predicted octanol–water partition coefficient (Wildman–Crippen LogP) is 4.79. The van der Waals surface area contributed by atoms with Gasteiger partial charge in [-0.15, -0.1) is 5.10 Å². The van der Waals surface area contributed by atoms with Crippen molar-refractivity contribution >= 4 is 51.0 Å². The number of allylic oxidation sites excluding steroid dienone is 1. The molecule has 1 unspecified atom stereocenters. The number of aromatic nitrogens is 3. The second kappa shape index (κ2) is 7.24. The lowest BCUT2D eigenvalue weighted by Crippen LogP contribution is -2.31. The molecule has 3 N–H and O–H groups in total. The minimum atomic E-state index is -0.518. The Morgan fingerprint density at radius 2 is 1.89 bits per heavy atom. The van der Waals surface area contributed by atoms with Gasteiger partial charge in [0.25, 0.3) is 0 Å². The average Bonchev–Trinajstić information content (AvgIpc) is 3.07. The molecule has 0 fully saturated rings. The van der Waals surface area contributed by atoms with E-state index in [0.717, 1.165) is 10.0 Å². The highest BCUT2D eigenvalue weighted by Crippen LogP contribution is 2.37. The number of amides is 1. The number of nitrogens with one attached hydrogen (secondary N) is 1. The topological polar surface area (TPSA) is 85.8 Å². The quantitative estimate of drug-likeness (QED) is 0.566. The van der Waals surface area contributed by atoms with Gasteiger partial charge >= 0.3 is 0 Å². The van der Waals surface area contributed by atoms with Crippen molar-refractivity contribution in [3.05, 3.63) is 73.8 Å². The molecule has 3 aromatic rings. The number of nitrogens with zero attached hydrogens (tertiary/aromatic N) is 3. The number of benzene rings is 2. The van der Waals surface area contributed by atoms with Gasteiger partial charge in [-0.25, -0.2) is 4.68 Å². The van der Waals surface area contributed by atoms with Crippen LogP contribution in [-0.4, -0.2) is 20.7 Å². The zero-order chi connectivity index (χ0) is 20.0. The van der Waals surface area contributed by atoms with Crippen LogP contribution in [0, 0.1) is 0 Å². The highest BCUT2D eigenvalue weighted by atomic mass is 79.9. The summed E-state index contributed by atoms with van der Waals surface area (Å²) in [5.41, 5.74) is 8.34. The van der Waals surface area contributed by atoms with Gasteiger partial charge < -0.3 is 11.1 Å². The van der Waals surface area contributed by atoms with Crippen molar-refractivity contribution in [2.45, 2.75) is 13.0 Å². The molecule has 1 aliphatic rings. The molecule has 28 heavy (non-hydrogen) atoms. The van der Waals surface area contributed by atoms with Gasteiger partial charge in [0.2, 0.25) is 11.9 Å². The van der Waals surface area contributed by atoms with Crippen LogP contribution in [0.2, 0.25) is 10.0 Å². The molecule has 0 spiro atoms. The van der Waals surface area contributed by atoms with Crippen molar-refractivity contribution < 1.29 is 4.79 Å². The van der Waals surface area contributed by atoms with E-state index in [2.05, 4.69) is 31.3 Å². The van der Waals surface area contributed by atoms with Crippen molar-refractivity contribution in [1.82, 2.24) is 14.8 Å². The molecule has 0 saturated heterocycles. The van der Waals surface area contributed by atoms with Gasteiger partial charge in [-0.1, -0.05) is 51.3 Å². The van der Waals surface area contributed by atoms with Crippen LogP contribution in [0.3, 0.4) is 0 Å². The zero-order valence-corrected chi connectivity index (χ0v) is 17.7. The van der Waals surface area contributed by atoms with Crippen molar-refractivity contribution in [3.8, 4) is 11.4 Å². The Balaban J connectivity index is 1.87. The van der Waals surface area contributed by atoms with E-state index in [9.17, 15) is 4.79 Å². The number of hydrogen-bond acceptors (Lipinski definition) is 4. The highest BCUT2D eigenvalue weighted by Gasteiger charge is 2.33. The molecule has 4 rings (SSSR count). The van der Waals surface area contributed by atoms with Crippen LogP contribution in [0.15, 0.2) is 58.2 Å². The Labute approximate surface area is 179 Å². The normalized spacial score (nSPS) is 15.9. The van der Waals surface area contributed by atoms with Gasteiger partial charge in [-0.2, -0.15) is 4.98 Å². The molecular formula is C19H14BrCl2N5O. The van der Waals surface area contributed by atoms with Crippen LogP contribution in [0.1, 0.15) is 18.5 Å². The van der Waals surface area contributed by atoms with E-state index in [-0.39, 0.29) is 0 Å². The molecule has 2 heterocycles. The molecular weight excluding hydrogens is 465 g/mol. The van der Waals surface area contributed by atoms with Crippen LogP contribution in [0.5, 0.6) is 0 Å². The summed E-state index contributed by atoms with van der Waals surface area (Å²) in [4.78, 5) is 16.8. The lowest BCUT2D eigenvalue weighted by molar-refractivity contribution is -0.115. The molecule has 0 radical (unpaired) electrons. The highest BCUT2D eigenvalue weighted by molar-refractivity contribution is 9.10. The maximum absolute atomic E-state index is 12.2. The van der Waals surface area contributed by atoms with Crippen LogP contribution in [-0.2, 0) is 4.79 Å². The summed E-state index contributed by atoms with van der Waals surface area (Å²) in [6.45, 7) is 1.79. The maximum Gasteiger partial charge on any atom is 0.248 e. The Morgan fingerprint density at radius 3 is 2.54 bits per heavy atom. The number of fused-ring (bicyclic) bond motifs is 1. The molecule has 0 bridgehead atoms. The molecule has 142 valence electrons. The number of nitrogens with two attached hydrogens (primary N) is 1. The first-order valence-electron chi connectivity index (χ1n) is 8.30. The second-order valence-electron chi connectivity index (χ2n) is 6.31. The van der Waals surface area contributed by atoms with Gasteiger partial charge in [0.05, 0.1) is 15.6 Å². The van der Waals surface area contributed by atoms with E-state index < -0.39 is 11.9 Å². The Kier molecular flexibility index (Phi) is 4.91. The number of hydrogen-bond donors (Lipinski definition) is 2. The summed E-state index contributed by atoms with van der Waals surface area (Å²) in [5.74, 6) is 0.452. The number of primary amides is 1. The van der Waals surface area contributed by atoms with E-state index in [0.29, 0.717) is 38.7 Å². The minimum absolute atomic E-state index is 0.413. The third-order valence-corrected chi connectivity index (χ3v) is 5.75. The number of anilines is 1. The summed E-state index contributed by atoms with van der Waals surface area (Å²) in [5, 5.41) is 8.61. The standard InChI is InChI=1S/C19H14BrCl2N5O/c1-9-15(17(23)28)16(10-2-5-12(20)6-3-10)27-19(24-9)25-18(26-27)11-4-7-13(21)14(22)8-11/h2-8,16H,1H3,(H2,23,28)(H,24,25,26). The van der Waals surface area contributed by atoms with Gasteiger partial charge in [-0.3, -0.25) is 4.79 Å². The van der Waals surface area contributed by atoms with E-state index in [1.165, 1.54) is 0 Å². The monoisotopic (exact) mass is 477 g/mol. The van der Waals surface area contributed by atoms with Crippen molar-refractivity contribution in [1.29, 1.82) is 0 Å². The summed E-state index contributed by atoms with van der Waals surface area (Å²) in [7, 11) is 0. The lowest BCUT2D eigenvalue weighted by Gasteiger charge is -2.27. The van der Waals surface area contributed by atoms with E-state index in [1.54, 1.807) is 29.8 Å². The van der Waals surface area contributed by atoms with Crippen LogP contribution in [0.25, 0.3) is 11.4 Å². The second-order valence-corrected chi connectivity index (χ2v) is 8.04. The summed E-state index contributed by atoms with van der Waals surface area (Å²) in [6.07, 6.45) is 0. The average molecular weight is 479 g/mol. The number of halogens is 3. The third kappa shape index (κ3) is 3.30. The molecule has 1 atom stereocenters. The van der Waals surface area contributed by atoms with Crippen LogP contribution >= 0.6 is 39.1 Å². The third-order valence-electron chi connectivity index (χ3n) is 4.48. The smallest absolute Gasteiger partial charge is 0.248 e. The maximum atomic E-state index is 12.2. The van der Waals surface area contributed by atoms with E-state index in [4.69, 9.17) is 28.9 Å². The fraction of sp³-hybridized carbons (Fsp3) is 0.105. The number of carbonyl (C=O) groups is 1. The number of rotatable bonds is 3. The number of carbonyl (C=O) groups excluding carboxylic acids is 1. The molecule has 1 amide bonds. The summed E-state index contributed by atoms with van der Waals surface area (Å²) >= 11 is 15.6. The summed E-state index contributed by atoms with van der Waals surface area (Å²) < 4.78 is 2.59. The molecule has 0 aliphatic carbocycles. The Morgan fingerprint density at radius 1 is 1.18 bits per heavy atom. The first kappa shape index (κ1) is 19.0. The van der Waals surface area contributed by atoms with Crippen molar-refractivity contribution in [2.24, 2.45) is 5.73 Å². The Hall–Kier alpha value is -2.35. The molecule has 2 aromatic carbocycles. The lowest BCUT2D eigenvalue weighted by atomic mass is 9.95. The molecule has 1 aliphatic heterocycles. The van der Waals surface area contributed by atoms with E-state index >= 15 is 0 Å². The SMILES string of the molecule is CC1=C(C(N)=O)C(c2ccc(Br)cc2)n2nc(-c3ccc(Cl)c(Cl)c3)nc2N1. The van der Waals surface area contributed by atoms with Crippen LogP contribution in [0.4, 0.5) is 5.95 Å². The predicted molar refractivity (Wildman–Crippen MR) is 113 cm³/mol. The molecule has 0 saturated carbocycles. The van der Waals surface area contributed by atoms with Crippen molar-refractivity contribution in [2.75, 3.05) is 5.32 Å². The fourth-order valence-electron chi connectivity index (χ4n) is 3.18. The van der Waals surface area contributed by atoms with Gasteiger partial charge in [-0.05, 0) is 42.8 Å². The van der Waals surface area contributed by atoms with Crippen LogP contribution < -0.4 is 11.1 Å². The molecule has 1 aromatic heterocycles. The molecule has 6 nitrogen and oxygen atoms in total. The first-order valence-corrected chi connectivity index (χ1v) is 9.85. The largest absolute Gasteiger partial charge is 0.366 e.